The van der Waals surface area contributed by atoms with Gasteiger partial charge in [0.2, 0.25) is 0 Å². The zero-order chi connectivity index (χ0) is 13.8. The van der Waals surface area contributed by atoms with Crippen LogP contribution in [0.25, 0.3) is 0 Å². The number of carboxylic acid groups (broad SMARTS) is 1. The fourth-order valence-corrected chi connectivity index (χ4v) is 2.00. The lowest BCUT2D eigenvalue weighted by Crippen LogP contribution is -2.29. The third kappa shape index (κ3) is 2.78. The molecule has 19 heavy (non-hydrogen) atoms. The summed E-state index contributed by atoms with van der Waals surface area (Å²) in [5.41, 5.74) is 1.81. The van der Waals surface area contributed by atoms with Gasteiger partial charge >= 0.3 is 5.97 Å². The number of fused-ring (bicyclic) bond motifs is 1. The van der Waals surface area contributed by atoms with Crippen LogP contribution in [0, 0.1) is 0 Å². The highest BCUT2D eigenvalue weighted by Gasteiger charge is 2.18. The second kappa shape index (κ2) is 5.60. The van der Waals surface area contributed by atoms with Crippen molar-refractivity contribution in [1.82, 2.24) is 0 Å². The van der Waals surface area contributed by atoms with Gasteiger partial charge < -0.3 is 19.5 Å². The summed E-state index contributed by atoms with van der Waals surface area (Å²) in [4.78, 5) is 16.8. The van der Waals surface area contributed by atoms with E-state index in [1.165, 1.54) is 0 Å². The van der Waals surface area contributed by atoms with Crippen LogP contribution >= 0.6 is 0 Å². The van der Waals surface area contributed by atoms with E-state index in [9.17, 15) is 4.79 Å². The number of aliphatic imine (C=N–C) groups is 1. The summed E-state index contributed by atoms with van der Waals surface area (Å²) >= 11 is 0. The molecule has 0 fully saturated rings. The van der Waals surface area contributed by atoms with Gasteiger partial charge in [-0.3, -0.25) is 9.79 Å². The van der Waals surface area contributed by atoms with Crippen LogP contribution in [0.15, 0.2) is 17.1 Å². The second-order valence-electron chi connectivity index (χ2n) is 4.13. The molecule has 2 rings (SSSR count). The first-order valence-electron chi connectivity index (χ1n) is 5.88. The number of ether oxygens (including phenoxy) is 2. The zero-order valence-corrected chi connectivity index (χ0v) is 10.9. The Morgan fingerprint density at radius 2 is 2.05 bits per heavy atom. The van der Waals surface area contributed by atoms with Gasteiger partial charge in [0.15, 0.2) is 11.5 Å². The Kier molecular flexibility index (Phi) is 3.89. The van der Waals surface area contributed by atoms with E-state index < -0.39 is 5.97 Å². The van der Waals surface area contributed by atoms with Crippen LogP contribution in [0.1, 0.15) is 12.0 Å². The summed E-state index contributed by atoms with van der Waals surface area (Å²) in [6.45, 7) is 0.866. The van der Waals surface area contributed by atoms with Crippen molar-refractivity contribution in [3.8, 4) is 11.5 Å². The molecular weight excluding hydrogens is 248 g/mol. The minimum atomic E-state index is -0.823. The molecule has 0 aliphatic carbocycles. The summed E-state index contributed by atoms with van der Waals surface area (Å²) < 4.78 is 10.5. The first-order valence-corrected chi connectivity index (χ1v) is 5.88. The van der Waals surface area contributed by atoms with Crippen molar-refractivity contribution in [2.75, 3.05) is 32.3 Å². The van der Waals surface area contributed by atoms with Crippen LogP contribution in [0.5, 0.6) is 11.5 Å². The van der Waals surface area contributed by atoms with E-state index >= 15 is 0 Å². The van der Waals surface area contributed by atoms with Crippen molar-refractivity contribution in [3.05, 3.63) is 17.7 Å². The molecular formula is C13H16N2O4. The molecule has 0 radical (unpaired) electrons. The SMILES string of the molecule is COc1cc2c(cc1OC)N(CCC(=O)O)CN=C2. The lowest BCUT2D eigenvalue weighted by atomic mass is 10.1. The summed E-state index contributed by atoms with van der Waals surface area (Å²) in [5, 5.41) is 8.77. The number of aliphatic carboxylic acids is 1. The Hall–Kier alpha value is -2.24. The predicted octanol–water partition coefficient (Wildman–Crippen LogP) is 1.37. The Balaban J connectivity index is 2.32. The largest absolute Gasteiger partial charge is 0.493 e. The van der Waals surface area contributed by atoms with Crippen LogP contribution in [0.4, 0.5) is 5.69 Å². The lowest BCUT2D eigenvalue weighted by molar-refractivity contribution is -0.136. The quantitative estimate of drug-likeness (QED) is 0.869. The Bertz CT molecular complexity index is 514. The summed E-state index contributed by atoms with van der Waals surface area (Å²) in [5.74, 6) is 0.432. The van der Waals surface area contributed by atoms with Crippen LogP contribution < -0.4 is 14.4 Å². The normalized spacial score (nSPS) is 13.1. The summed E-state index contributed by atoms with van der Waals surface area (Å²) in [7, 11) is 3.15. The van der Waals surface area contributed by atoms with Gasteiger partial charge in [0.25, 0.3) is 0 Å². The molecule has 1 N–H and O–H groups in total. The van der Waals surface area contributed by atoms with Crippen LogP contribution in [0.2, 0.25) is 0 Å². The minimum Gasteiger partial charge on any atom is -0.493 e. The molecule has 0 bridgehead atoms. The average Bonchev–Trinajstić information content (AvgIpc) is 2.43. The van der Waals surface area contributed by atoms with Gasteiger partial charge in [0.1, 0.15) is 6.67 Å². The first kappa shape index (κ1) is 13.2. The van der Waals surface area contributed by atoms with E-state index in [-0.39, 0.29) is 6.42 Å². The Morgan fingerprint density at radius 1 is 1.37 bits per heavy atom. The van der Waals surface area contributed by atoms with Crippen molar-refractivity contribution >= 4 is 17.9 Å². The van der Waals surface area contributed by atoms with Crippen molar-refractivity contribution in [2.24, 2.45) is 4.99 Å². The molecule has 0 atom stereocenters. The zero-order valence-electron chi connectivity index (χ0n) is 10.9. The van der Waals surface area contributed by atoms with Gasteiger partial charge in [0.05, 0.1) is 26.3 Å². The van der Waals surface area contributed by atoms with Crippen molar-refractivity contribution in [2.45, 2.75) is 6.42 Å². The molecule has 6 heteroatoms. The molecule has 1 aliphatic rings. The molecule has 6 nitrogen and oxygen atoms in total. The minimum absolute atomic E-state index is 0.0727. The van der Waals surface area contributed by atoms with E-state index in [0.29, 0.717) is 24.7 Å². The molecule has 102 valence electrons. The third-order valence-electron chi connectivity index (χ3n) is 2.95. The maximum Gasteiger partial charge on any atom is 0.305 e. The van der Waals surface area contributed by atoms with Crippen LogP contribution in [-0.2, 0) is 4.79 Å². The molecule has 1 aliphatic heterocycles. The molecule has 0 spiro atoms. The maximum atomic E-state index is 10.7. The Morgan fingerprint density at radius 3 is 2.68 bits per heavy atom. The monoisotopic (exact) mass is 264 g/mol. The highest BCUT2D eigenvalue weighted by Crippen LogP contribution is 2.35. The molecule has 0 unspecified atom stereocenters. The van der Waals surface area contributed by atoms with E-state index in [4.69, 9.17) is 14.6 Å². The summed E-state index contributed by atoms with van der Waals surface area (Å²) in [6, 6.07) is 3.69. The summed E-state index contributed by atoms with van der Waals surface area (Å²) in [6.07, 6.45) is 1.83. The van der Waals surface area contributed by atoms with E-state index in [1.807, 2.05) is 17.0 Å². The first-order chi connectivity index (χ1) is 9.15. The van der Waals surface area contributed by atoms with Crippen molar-refractivity contribution in [1.29, 1.82) is 0 Å². The van der Waals surface area contributed by atoms with Gasteiger partial charge in [-0.2, -0.15) is 0 Å². The third-order valence-corrected chi connectivity index (χ3v) is 2.95. The molecule has 0 saturated carbocycles. The number of methoxy groups -OCH3 is 2. The highest BCUT2D eigenvalue weighted by molar-refractivity contribution is 5.91. The number of rotatable bonds is 5. The number of nitrogens with zero attached hydrogens (tertiary/aromatic N) is 2. The predicted molar refractivity (Wildman–Crippen MR) is 71.6 cm³/mol. The van der Waals surface area contributed by atoms with Gasteiger partial charge in [-0.15, -0.1) is 0 Å². The smallest absolute Gasteiger partial charge is 0.305 e. The standard InChI is InChI=1S/C13H16N2O4/c1-18-11-5-9-7-14-8-15(4-3-13(16)17)10(9)6-12(11)19-2/h5-7H,3-4,8H2,1-2H3,(H,16,17). The van der Waals surface area contributed by atoms with Crippen molar-refractivity contribution in [3.63, 3.8) is 0 Å². The molecule has 1 heterocycles. The average molecular weight is 264 g/mol. The van der Waals surface area contributed by atoms with E-state index in [0.717, 1.165) is 11.3 Å². The Labute approximate surface area is 111 Å². The maximum absolute atomic E-state index is 10.7. The van der Waals surface area contributed by atoms with Gasteiger partial charge in [0, 0.05) is 24.4 Å². The number of anilines is 1. The lowest BCUT2D eigenvalue weighted by Gasteiger charge is -2.27. The van der Waals surface area contributed by atoms with Crippen LogP contribution in [-0.4, -0.2) is 44.7 Å². The molecule has 1 aromatic carbocycles. The van der Waals surface area contributed by atoms with Crippen LogP contribution in [0.3, 0.4) is 0 Å². The molecule has 1 aromatic rings. The fourth-order valence-electron chi connectivity index (χ4n) is 2.00. The second-order valence-corrected chi connectivity index (χ2v) is 4.13. The fraction of sp³-hybridized carbons (Fsp3) is 0.385. The number of hydrogen-bond acceptors (Lipinski definition) is 5. The molecule has 0 amide bonds. The number of hydrogen-bond donors (Lipinski definition) is 1. The van der Waals surface area contributed by atoms with Gasteiger partial charge in [-0.1, -0.05) is 0 Å². The number of carbonyl (C=O) groups is 1. The van der Waals surface area contributed by atoms with Gasteiger partial charge in [-0.05, 0) is 6.07 Å². The topological polar surface area (TPSA) is 71.4 Å². The number of benzene rings is 1. The highest BCUT2D eigenvalue weighted by atomic mass is 16.5. The van der Waals surface area contributed by atoms with Crippen molar-refractivity contribution < 1.29 is 19.4 Å². The molecule has 0 aromatic heterocycles. The number of carboxylic acids is 1. The van der Waals surface area contributed by atoms with E-state index in [1.54, 1.807) is 20.4 Å². The van der Waals surface area contributed by atoms with E-state index in [2.05, 4.69) is 4.99 Å². The molecule has 0 saturated heterocycles. The van der Waals surface area contributed by atoms with Gasteiger partial charge in [-0.25, -0.2) is 0 Å².